The Morgan fingerprint density at radius 2 is 1.69 bits per heavy atom. The van der Waals surface area contributed by atoms with Gasteiger partial charge in [-0.15, -0.1) is 0 Å². The highest BCUT2D eigenvalue weighted by Crippen LogP contribution is 2.36. The minimum Gasteiger partial charge on any atom is -0.492 e. The molecule has 1 unspecified atom stereocenters. The van der Waals surface area contributed by atoms with Gasteiger partial charge in [0.05, 0.1) is 11.5 Å². The Bertz CT molecular complexity index is 1070. The maximum Gasteiger partial charge on any atom is 0.119 e. The zero-order valence-corrected chi connectivity index (χ0v) is 21.8. The first kappa shape index (κ1) is 25.4. The Morgan fingerprint density at radius 1 is 0.943 bits per heavy atom. The summed E-state index contributed by atoms with van der Waals surface area (Å²) in [5.74, 6) is 1.23. The number of ether oxygens (including phenoxy) is 1. The molecule has 3 aromatic rings. The lowest BCUT2D eigenvalue weighted by Crippen LogP contribution is -2.47. The van der Waals surface area contributed by atoms with Crippen LogP contribution in [0.2, 0.25) is 0 Å². The molecule has 1 aromatic heterocycles. The average Bonchev–Trinajstić information content (AvgIpc) is 3.44. The van der Waals surface area contributed by atoms with E-state index in [0.29, 0.717) is 6.61 Å². The molecule has 4 rings (SSSR count). The third-order valence-electron chi connectivity index (χ3n) is 7.35. The van der Waals surface area contributed by atoms with Gasteiger partial charge in [-0.3, -0.25) is 4.90 Å². The van der Waals surface area contributed by atoms with E-state index >= 15 is 0 Å². The van der Waals surface area contributed by atoms with Crippen LogP contribution in [0.1, 0.15) is 32.3 Å². The Kier molecular flexibility index (Phi) is 8.98. The molecule has 0 aliphatic carbocycles. The molecule has 2 aromatic carbocycles. The van der Waals surface area contributed by atoms with E-state index in [-0.39, 0.29) is 5.92 Å². The molecule has 1 fully saturated rings. The van der Waals surface area contributed by atoms with Crippen LogP contribution < -0.4 is 4.74 Å². The van der Waals surface area contributed by atoms with Crippen LogP contribution in [0.4, 0.5) is 0 Å². The molecule has 1 aliphatic heterocycles. The van der Waals surface area contributed by atoms with E-state index in [9.17, 15) is 5.26 Å². The van der Waals surface area contributed by atoms with Gasteiger partial charge in [-0.1, -0.05) is 56.3 Å². The van der Waals surface area contributed by atoms with E-state index in [0.717, 1.165) is 63.4 Å². The van der Waals surface area contributed by atoms with Gasteiger partial charge in [-0.25, -0.2) is 0 Å². The van der Waals surface area contributed by atoms with Gasteiger partial charge in [0.25, 0.3) is 0 Å². The van der Waals surface area contributed by atoms with Crippen molar-refractivity contribution in [3.63, 3.8) is 0 Å². The first-order chi connectivity index (χ1) is 17.1. The number of nitrogens with zero attached hydrogens (tertiary/aromatic N) is 3. The SMILES string of the molecule is CC(C)C(C#N)(CCCN1CCN(CCOc2cccc(-c3ccsc3)c2)CC1)c1ccccc1. The number of hydrogen-bond acceptors (Lipinski definition) is 5. The van der Waals surface area contributed by atoms with E-state index in [1.165, 1.54) is 11.1 Å². The highest BCUT2D eigenvalue weighted by atomic mass is 32.1. The first-order valence-electron chi connectivity index (χ1n) is 12.8. The normalized spacial score (nSPS) is 16.6. The third-order valence-corrected chi connectivity index (χ3v) is 8.03. The fraction of sp³-hybridized carbons (Fsp3) is 0.433. The molecule has 5 heteroatoms. The highest BCUT2D eigenvalue weighted by Gasteiger charge is 2.35. The summed E-state index contributed by atoms with van der Waals surface area (Å²) >= 11 is 1.72. The van der Waals surface area contributed by atoms with Crippen molar-refractivity contribution in [2.75, 3.05) is 45.9 Å². The van der Waals surface area contributed by atoms with E-state index in [1.54, 1.807) is 11.3 Å². The highest BCUT2D eigenvalue weighted by molar-refractivity contribution is 7.08. The molecular weight excluding hydrogens is 450 g/mol. The van der Waals surface area contributed by atoms with Crippen molar-refractivity contribution in [2.45, 2.75) is 32.1 Å². The van der Waals surface area contributed by atoms with Gasteiger partial charge in [-0.05, 0) is 71.0 Å². The van der Waals surface area contributed by atoms with E-state index in [1.807, 2.05) is 24.3 Å². The molecule has 4 nitrogen and oxygen atoms in total. The van der Waals surface area contributed by atoms with Crippen LogP contribution in [-0.2, 0) is 5.41 Å². The van der Waals surface area contributed by atoms with Crippen molar-refractivity contribution in [2.24, 2.45) is 5.92 Å². The lowest BCUT2D eigenvalue weighted by molar-refractivity contribution is 0.114. The fourth-order valence-electron chi connectivity index (χ4n) is 5.06. The molecule has 1 atom stereocenters. The summed E-state index contributed by atoms with van der Waals surface area (Å²) < 4.78 is 6.07. The van der Waals surface area contributed by atoms with Gasteiger partial charge < -0.3 is 9.64 Å². The van der Waals surface area contributed by atoms with Crippen molar-refractivity contribution < 1.29 is 4.74 Å². The second kappa shape index (κ2) is 12.4. The molecule has 0 amide bonds. The topological polar surface area (TPSA) is 39.5 Å². The second-order valence-electron chi connectivity index (χ2n) is 9.78. The number of hydrogen-bond donors (Lipinski definition) is 0. The fourth-order valence-corrected chi connectivity index (χ4v) is 5.72. The molecule has 1 saturated heterocycles. The van der Waals surface area contributed by atoms with Crippen LogP contribution in [0.25, 0.3) is 11.1 Å². The summed E-state index contributed by atoms with van der Waals surface area (Å²) in [5.41, 5.74) is 3.22. The molecule has 0 saturated carbocycles. The minimum atomic E-state index is -0.402. The summed E-state index contributed by atoms with van der Waals surface area (Å²) in [7, 11) is 0. The minimum absolute atomic E-state index is 0.290. The summed E-state index contributed by atoms with van der Waals surface area (Å²) in [6.07, 6.45) is 1.95. The maximum absolute atomic E-state index is 10.1. The van der Waals surface area contributed by atoms with Crippen LogP contribution in [-0.4, -0.2) is 55.7 Å². The lowest BCUT2D eigenvalue weighted by Gasteiger charge is -2.36. The number of benzene rings is 2. The van der Waals surface area contributed by atoms with Crippen molar-refractivity contribution in [1.29, 1.82) is 5.26 Å². The molecule has 0 radical (unpaired) electrons. The predicted molar refractivity (Wildman–Crippen MR) is 146 cm³/mol. The Labute approximate surface area is 214 Å². The maximum atomic E-state index is 10.1. The molecule has 184 valence electrons. The zero-order valence-electron chi connectivity index (χ0n) is 21.0. The standard InChI is InChI=1S/C30H37N3OS/c1-25(2)30(24-31,28-9-4-3-5-10-28)13-7-14-32-15-17-33(18-16-32)19-20-34-29-11-6-8-26(22-29)27-12-21-35-23-27/h3-6,8-12,21-23,25H,7,13-20H2,1-2H3. The zero-order chi connectivity index (χ0) is 24.5. The van der Waals surface area contributed by atoms with Gasteiger partial charge in [0.15, 0.2) is 0 Å². The Balaban J connectivity index is 1.18. The average molecular weight is 488 g/mol. The Morgan fingerprint density at radius 3 is 2.34 bits per heavy atom. The smallest absolute Gasteiger partial charge is 0.119 e. The van der Waals surface area contributed by atoms with Crippen molar-refractivity contribution >= 4 is 11.3 Å². The van der Waals surface area contributed by atoms with Gasteiger partial charge >= 0.3 is 0 Å². The summed E-state index contributed by atoms with van der Waals surface area (Å²) in [6.45, 7) is 11.4. The lowest BCUT2D eigenvalue weighted by atomic mass is 9.70. The number of piperazine rings is 1. The van der Waals surface area contributed by atoms with E-state index in [2.05, 4.69) is 76.9 Å². The van der Waals surface area contributed by atoms with Crippen LogP contribution in [0.5, 0.6) is 5.75 Å². The molecular formula is C30H37N3OS. The van der Waals surface area contributed by atoms with Gasteiger partial charge in [0.1, 0.15) is 12.4 Å². The summed E-state index contributed by atoms with van der Waals surface area (Å²) in [5, 5.41) is 14.4. The second-order valence-corrected chi connectivity index (χ2v) is 10.6. The van der Waals surface area contributed by atoms with Crippen LogP contribution in [0, 0.1) is 17.2 Å². The van der Waals surface area contributed by atoms with Crippen molar-refractivity contribution in [1.82, 2.24) is 9.80 Å². The van der Waals surface area contributed by atoms with E-state index in [4.69, 9.17) is 4.74 Å². The first-order valence-corrected chi connectivity index (χ1v) is 13.7. The molecule has 0 bridgehead atoms. The largest absolute Gasteiger partial charge is 0.492 e. The molecule has 0 N–H and O–H groups in total. The Hall–Kier alpha value is -2.65. The molecule has 1 aliphatic rings. The van der Waals surface area contributed by atoms with Crippen LogP contribution in [0.15, 0.2) is 71.4 Å². The van der Waals surface area contributed by atoms with Crippen LogP contribution in [0.3, 0.4) is 0 Å². The molecule has 35 heavy (non-hydrogen) atoms. The van der Waals surface area contributed by atoms with Gasteiger partial charge in [0.2, 0.25) is 0 Å². The molecule has 0 spiro atoms. The van der Waals surface area contributed by atoms with Crippen molar-refractivity contribution in [3.05, 3.63) is 77.0 Å². The predicted octanol–water partition coefficient (Wildman–Crippen LogP) is 6.31. The third kappa shape index (κ3) is 6.52. The van der Waals surface area contributed by atoms with Crippen LogP contribution >= 0.6 is 11.3 Å². The number of nitriles is 1. The van der Waals surface area contributed by atoms with Gasteiger partial charge in [-0.2, -0.15) is 16.6 Å². The monoisotopic (exact) mass is 487 g/mol. The number of rotatable bonds is 11. The summed E-state index contributed by atoms with van der Waals surface area (Å²) in [4.78, 5) is 5.05. The number of thiophene rings is 1. The van der Waals surface area contributed by atoms with E-state index < -0.39 is 5.41 Å². The summed E-state index contributed by atoms with van der Waals surface area (Å²) in [6, 6.07) is 23.6. The molecule has 2 heterocycles. The van der Waals surface area contributed by atoms with Crippen molar-refractivity contribution in [3.8, 4) is 22.9 Å². The quantitative estimate of drug-likeness (QED) is 0.318. The van der Waals surface area contributed by atoms with Gasteiger partial charge in [0, 0.05) is 32.7 Å².